The Balaban J connectivity index is 1.39. The van der Waals surface area contributed by atoms with Crippen molar-refractivity contribution in [2.75, 3.05) is 28.5 Å². The van der Waals surface area contributed by atoms with Crippen LogP contribution in [0.4, 0.5) is 16.2 Å². The van der Waals surface area contributed by atoms with Gasteiger partial charge in [0.1, 0.15) is 12.1 Å². The molecule has 1 unspecified atom stereocenters. The van der Waals surface area contributed by atoms with Crippen LogP contribution >= 0.6 is 0 Å². The van der Waals surface area contributed by atoms with Crippen LogP contribution in [0.2, 0.25) is 0 Å². The lowest BCUT2D eigenvalue weighted by Gasteiger charge is -2.20. The number of nitrogens with one attached hydrogen (secondary N) is 2. The van der Waals surface area contributed by atoms with Gasteiger partial charge in [-0.05, 0) is 56.4 Å². The predicted molar refractivity (Wildman–Crippen MR) is 102 cm³/mol. The second-order valence-electron chi connectivity index (χ2n) is 7.63. The van der Waals surface area contributed by atoms with Gasteiger partial charge in [0.05, 0.1) is 11.4 Å². The molecule has 0 spiro atoms. The molecule has 2 aliphatic heterocycles. The van der Waals surface area contributed by atoms with Crippen molar-refractivity contribution in [3.8, 4) is 0 Å². The molecule has 2 heterocycles. The van der Waals surface area contributed by atoms with Crippen molar-refractivity contribution in [3.63, 3.8) is 0 Å². The summed E-state index contributed by atoms with van der Waals surface area (Å²) >= 11 is 0. The molecule has 1 atom stereocenters. The van der Waals surface area contributed by atoms with Gasteiger partial charge < -0.3 is 10.6 Å². The standard InChI is InChI=1S/C18H22N4O5S/c1-18(12-3-4-12)16(24)21(17(25)20-18)11-15(23)19-13-5-7-14(8-6-13)22-9-2-10-28(22,26)27/h5-8,12H,2-4,9-11H2,1H3,(H,19,23)(H,20,25). The zero-order valence-corrected chi connectivity index (χ0v) is 16.3. The van der Waals surface area contributed by atoms with Gasteiger partial charge >= 0.3 is 6.03 Å². The third kappa shape index (κ3) is 3.21. The summed E-state index contributed by atoms with van der Waals surface area (Å²) in [6, 6.07) is 5.89. The Bertz CT molecular complexity index is 941. The van der Waals surface area contributed by atoms with Crippen molar-refractivity contribution < 1.29 is 22.8 Å². The first-order valence-electron chi connectivity index (χ1n) is 9.25. The maximum Gasteiger partial charge on any atom is 0.325 e. The molecule has 0 radical (unpaired) electrons. The Kier molecular flexibility index (Phi) is 4.33. The molecule has 4 rings (SSSR count). The molecule has 28 heavy (non-hydrogen) atoms. The van der Waals surface area contributed by atoms with Crippen LogP contribution < -0.4 is 14.9 Å². The van der Waals surface area contributed by atoms with Crippen molar-refractivity contribution in [1.82, 2.24) is 10.2 Å². The van der Waals surface area contributed by atoms with Crippen molar-refractivity contribution in [1.29, 1.82) is 0 Å². The number of imide groups is 1. The van der Waals surface area contributed by atoms with Crippen molar-refractivity contribution in [2.24, 2.45) is 5.92 Å². The average Bonchev–Trinajstić information content (AvgIpc) is 3.40. The van der Waals surface area contributed by atoms with E-state index in [1.807, 2.05) is 0 Å². The number of sulfonamides is 1. The van der Waals surface area contributed by atoms with Gasteiger partial charge in [-0.2, -0.15) is 0 Å². The van der Waals surface area contributed by atoms with Gasteiger partial charge in [0.15, 0.2) is 0 Å². The fourth-order valence-electron chi connectivity index (χ4n) is 3.78. The van der Waals surface area contributed by atoms with E-state index < -0.39 is 27.5 Å². The zero-order chi connectivity index (χ0) is 20.1. The summed E-state index contributed by atoms with van der Waals surface area (Å²) in [5.41, 5.74) is 0.0902. The largest absolute Gasteiger partial charge is 0.325 e. The molecule has 3 aliphatic rings. The monoisotopic (exact) mass is 406 g/mol. The third-order valence-corrected chi connectivity index (χ3v) is 7.40. The fraction of sp³-hybridized carbons (Fsp3) is 0.500. The molecule has 3 fully saturated rings. The summed E-state index contributed by atoms with van der Waals surface area (Å²) in [4.78, 5) is 37.9. The lowest BCUT2D eigenvalue weighted by atomic mass is 9.96. The summed E-state index contributed by atoms with van der Waals surface area (Å²) in [6.45, 7) is 1.78. The molecule has 1 aromatic carbocycles. The Morgan fingerprint density at radius 3 is 2.50 bits per heavy atom. The number of nitrogens with zero attached hydrogens (tertiary/aromatic N) is 2. The van der Waals surface area contributed by atoms with E-state index in [4.69, 9.17) is 0 Å². The quantitative estimate of drug-likeness (QED) is 0.705. The maximum atomic E-state index is 12.6. The van der Waals surface area contributed by atoms with Crippen LogP contribution in [-0.2, 0) is 19.6 Å². The molecular formula is C18H22N4O5S. The van der Waals surface area contributed by atoms with Gasteiger partial charge in [-0.1, -0.05) is 0 Å². The minimum Gasteiger partial charge on any atom is -0.325 e. The molecule has 10 heteroatoms. The van der Waals surface area contributed by atoms with Crippen molar-refractivity contribution >= 4 is 39.2 Å². The highest BCUT2D eigenvalue weighted by Crippen LogP contribution is 2.42. The van der Waals surface area contributed by atoms with Crippen LogP contribution in [0.1, 0.15) is 26.2 Å². The van der Waals surface area contributed by atoms with E-state index in [0.29, 0.717) is 24.3 Å². The smallest absolute Gasteiger partial charge is 0.325 e. The van der Waals surface area contributed by atoms with E-state index in [1.54, 1.807) is 31.2 Å². The second kappa shape index (κ2) is 6.47. The summed E-state index contributed by atoms with van der Waals surface area (Å²) in [7, 11) is -3.26. The third-order valence-electron chi connectivity index (χ3n) is 5.54. The number of rotatable bonds is 5. The number of amides is 4. The van der Waals surface area contributed by atoms with E-state index in [-0.39, 0.29) is 24.1 Å². The van der Waals surface area contributed by atoms with Crippen LogP contribution in [0.15, 0.2) is 24.3 Å². The number of carbonyl (C=O) groups excluding carboxylic acids is 3. The summed E-state index contributed by atoms with van der Waals surface area (Å²) in [6.07, 6.45) is 2.37. The van der Waals surface area contributed by atoms with Gasteiger partial charge in [0.25, 0.3) is 5.91 Å². The summed E-state index contributed by atoms with van der Waals surface area (Å²) < 4.78 is 25.3. The first-order chi connectivity index (χ1) is 13.2. The second-order valence-corrected chi connectivity index (χ2v) is 9.65. The highest BCUT2D eigenvalue weighted by atomic mass is 32.2. The zero-order valence-electron chi connectivity index (χ0n) is 15.5. The molecular weight excluding hydrogens is 384 g/mol. The fourth-order valence-corrected chi connectivity index (χ4v) is 5.35. The molecule has 9 nitrogen and oxygen atoms in total. The highest BCUT2D eigenvalue weighted by molar-refractivity contribution is 7.93. The molecule has 1 saturated carbocycles. The molecule has 2 N–H and O–H groups in total. The van der Waals surface area contributed by atoms with Crippen LogP contribution in [-0.4, -0.2) is 55.5 Å². The first-order valence-corrected chi connectivity index (χ1v) is 10.9. The molecule has 0 bridgehead atoms. The van der Waals surface area contributed by atoms with E-state index in [1.165, 1.54) is 4.31 Å². The molecule has 2 saturated heterocycles. The minimum atomic E-state index is -3.26. The van der Waals surface area contributed by atoms with Crippen LogP contribution in [0, 0.1) is 5.92 Å². The topological polar surface area (TPSA) is 116 Å². The van der Waals surface area contributed by atoms with Crippen molar-refractivity contribution in [2.45, 2.75) is 31.7 Å². The number of hydrogen-bond acceptors (Lipinski definition) is 5. The maximum absolute atomic E-state index is 12.6. The molecule has 1 aromatic rings. The van der Waals surface area contributed by atoms with Crippen LogP contribution in [0.5, 0.6) is 0 Å². The van der Waals surface area contributed by atoms with Gasteiger partial charge in [0, 0.05) is 12.2 Å². The number of anilines is 2. The SMILES string of the molecule is CC1(C2CC2)NC(=O)N(CC(=O)Nc2ccc(N3CCCS3(=O)=O)cc2)C1=O. The highest BCUT2D eigenvalue weighted by Gasteiger charge is 2.56. The first kappa shape index (κ1) is 18.7. The Morgan fingerprint density at radius 1 is 1.25 bits per heavy atom. The molecule has 0 aromatic heterocycles. The normalized spacial score (nSPS) is 26.5. The van der Waals surface area contributed by atoms with Gasteiger partial charge in [-0.25, -0.2) is 13.2 Å². The Hall–Kier alpha value is -2.62. The van der Waals surface area contributed by atoms with Crippen molar-refractivity contribution in [3.05, 3.63) is 24.3 Å². The summed E-state index contributed by atoms with van der Waals surface area (Å²) in [5.74, 6) is -0.599. The van der Waals surface area contributed by atoms with Gasteiger partial charge in [0.2, 0.25) is 15.9 Å². The minimum absolute atomic E-state index is 0.131. The molecule has 4 amide bonds. The molecule has 1 aliphatic carbocycles. The molecule has 150 valence electrons. The van der Waals surface area contributed by atoms with Crippen LogP contribution in [0.25, 0.3) is 0 Å². The number of benzene rings is 1. The van der Waals surface area contributed by atoms with E-state index in [9.17, 15) is 22.8 Å². The number of carbonyl (C=O) groups is 3. The van der Waals surface area contributed by atoms with E-state index >= 15 is 0 Å². The van der Waals surface area contributed by atoms with E-state index in [0.717, 1.165) is 17.7 Å². The van der Waals surface area contributed by atoms with Crippen LogP contribution in [0.3, 0.4) is 0 Å². The number of urea groups is 1. The number of hydrogen-bond donors (Lipinski definition) is 2. The average molecular weight is 406 g/mol. The summed E-state index contributed by atoms with van der Waals surface area (Å²) in [5, 5.41) is 5.34. The lowest BCUT2D eigenvalue weighted by molar-refractivity contribution is -0.134. The van der Waals surface area contributed by atoms with Gasteiger partial charge in [-0.3, -0.25) is 18.8 Å². The van der Waals surface area contributed by atoms with E-state index in [2.05, 4.69) is 10.6 Å². The van der Waals surface area contributed by atoms with Gasteiger partial charge in [-0.15, -0.1) is 0 Å². The Morgan fingerprint density at radius 2 is 1.93 bits per heavy atom. The lowest BCUT2D eigenvalue weighted by Crippen LogP contribution is -2.46. The Labute approximate surface area is 163 Å². The predicted octanol–water partition coefficient (Wildman–Crippen LogP) is 0.885.